The Kier molecular flexibility index (Phi) is 8.29. The minimum atomic E-state index is -0.848. The van der Waals surface area contributed by atoms with Crippen LogP contribution in [0, 0.1) is 6.92 Å². The summed E-state index contributed by atoms with van der Waals surface area (Å²) >= 11 is 0. The maximum atomic E-state index is 13.6. The largest absolute Gasteiger partial charge is 0.507 e. The number of para-hydroxylation sites is 2. The van der Waals surface area contributed by atoms with Crippen LogP contribution in [0.15, 0.2) is 72.3 Å². The first-order valence-corrected chi connectivity index (χ1v) is 13.3. The number of anilines is 2. The van der Waals surface area contributed by atoms with E-state index in [1.165, 1.54) is 12.0 Å². The number of Topliss-reactive ketones (excluding diaryl/α,β-unsaturated/α-hetero) is 1. The molecule has 39 heavy (non-hydrogen) atoms. The predicted molar refractivity (Wildman–Crippen MR) is 155 cm³/mol. The Bertz CT molecular complexity index is 1390. The van der Waals surface area contributed by atoms with Gasteiger partial charge in [-0.3, -0.25) is 14.5 Å². The van der Waals surface area contributed by atoms with Crippen molar-refractivity contribution in [2.45, 2.75) is 46.8 Å². The van der Waals surface area contributed by atoms with E-state index in [0.717, 1.165) is 24.3 Å². The number of amides is 1. The summed E-state index contributed by atoms with van der Waals surface area (Å²) in [5.74, 6) is -0.566. The summed E-state index contributed by atoms with van der Waals surface area (Å²) in [6.45, 7) is 11.7. The van der Waals surface area contributed by atoms with Crippen molar-refractivity contribution in [3.05, 3.63) is 89.0 Å². The molecule has 3 aromatic rings. The quantitative estimate of drug-likeness (QED) is 0.201. The lowest BCUT2D eigenvalue weighted by Gasteiger charge is -2.27. The molecule has 7 nitrogen and oxygen atoms in total. The van der Waals surface area contributed by atoms with Crippen LogP contribution in [-0.4, -0.2) is 43.1 Å². The molecule has 1 aliphatic rings. The summed E-state index contributed by atoms with van der Waals surface area (Å²) in [7, 11) is 1.52. The van der Waals surface area contributed by atoms with Crippen molar-refractivity contribution in [3.63, 3.8) is 0 Å². The number of hydrogen-bond acceptors (Lipinski definition) is 6. The highest BCUT2D eigenvalue weighted by Gasteiger charge is 2.47. The van der Waals surface area contributed by atoms with E-state index in [4.69, 9.17) is 9.47 Å². The van der Waals surface area contributed by atoms with Gasteiger partial charge < -0.3 is 19.5 Å². The number of carbonyl (C=O) groups excluding carboxylic acids is 2. The van der Waals surface area contributed by atoms with Crippen molar-refractivity contribution >= 4 is 28.8 Å². The Morgan fingerprint density at radius 3 is 2.23 bits per heavy atom. The number of aryl methyl sites for hydroxylation is 1. The van der Waals surface area contributed by atoms with E-state index < -0.39 is 17.7 Å². The molecule has 7 heteroatoms. The highest BCUT2D eigenvalue weighted by Crippen LogP contribution is 2.45. The molecule has 0 aliphatic carbocycles. The van der Waals surface area contributed by atoms with Gasteiger partial charge in [0.2, 0.25) is 0 Å². The zero-order chi connectivity index (χ0) is 28.3. The number of carbonyl (C=O) groups is 2. The topological polar surface area (TPSA) is 79.3 Å². The zero-order valence-corrected chi connectivity index (χ0v) is 23.4. The van der Waals surface area contributed by atoms with E-state index in [9.17, 15) is 14.7 Å². The normalized spacial score (nSPS) is 16.6. The fraction of sp³-hybridized carbons (Fsp3) is 0.312. The lowest BCUT2D eigenvalue weighted by Crippen LogP contribution is -2.30. The molecule has 1 saturated heterocycles. The number of hydrogen-bond donors (Lipinski definition) is 1. The Balaban J connectivity index is 1.90. The third-order valence-corrected chi connectivity index (χ3v) is 6.94. The third-order valence-electron chi connectivity index (χ3n) is 6.94. The second kappa shape index (κ2) is 11.6. The molecule has 0 saturated carbocycles. The molecule has 1 heterocycles. The molecule has 1 N–H and O–H groups in total. The second-order valence-corrected chi connectivity index (χ2v) is 9.75. The number of aliphatic hydroxyl groups is 1. The van der Waals surface area contributed by atoms with Gasteiger partial charge in [-0.05, 0) is 88.2 Å². The summed E-state index contributed by atoms with van der Waals surface area (Å²) in [5, 5.41) is 11.5. The minimum absolute atomic E-state index is 0.00589. The summed E-state index contributed by atoms with van der Waals surface area (Å²) in [5.41, 5.74) is 3.47. The number of nitrogens with zero attached hydrogens (tertiary/aromatic N) is 2. The molecule has 1 atom stereocenters. The van der Waals surface area contributed by atoms with Gasteiger partial charge in [-0.2, -0.15) is 0 Å². The number of ketones is 1. The molecule has 4 rings (SSSR count). The SMILES string of the molecule is CCN(CC)c1ccc(C2/C(=C(/O)c3ccc(OC(C)C)c(C)c3)C(=O)C(=O)N2c2ccccc2OC)cc1. The van der Waals surface area contributed by atoms with Crippen LogP contribution in [0.25, 0.3) is 5.76 Å². The third kappa shape index (κ3) is 5.35. The molecule has 1 aliphatic heterocycles. The monoisotopic (exact) mass is 528 g/mol. The van der Waals surface area contributed by atoms with Crippen molar-refractivity contribution in [1.82, 2.24) is 0 Å². The average Bonchev–Trinajstić information content (AvgIpc) is 3.20. The number of ether oxygens (including phenoxy) is 2. The van der Waals surface area contributed by atoms with E-state index in [2.05, 4.69) is 18.7 Å². The van der Waals surface area contributed by atoms with E-state index in [1.807, 2.05) is 45.0 Å². The maximum Gasteiger partial charge on any atom is 0.300 e. The molecule has 0 spiro atoms. The van der Waals surface area contributed by atoms with Gasteiger partial charge in [0, 0.05) is 24.3 Å². The van der Waals surface area contributed by atoms with E-state index in [1.54, 1.807) is 42.5 Å². The summed E-state index contributed by atoms with van der Waals surface area (Å²) in [6, 6.07) is 19.2. The number of rotatable bonds is 9. The fourth-order valence-corrected chi connectivity index (χ4v) is 5.02. The van der Waals surface area contributed by atoms with Gasteiger partial charge in [-0.1, -0.05) is 24.3 Å². The molecule has 204 valence electrons. The second-order valence-electron chi connectivity index (χ2n) is 9.75. The first kappa shape index (κ1) is 27.8. The van der Waals surface area contributed by atoms with Gasteiger partial charge in [-0.15, -0.1) is 0 Å². The molecule has 0 bridgehead atoms. The van der Waals surface area contributed by atoms with Gasteiger partial charge in [0.15, 0.2) is 0 Å². The Morgan fingerprint density at radius 1 is 0.974 bits per heavy atom. The highest BCUT2D eigenvalue weighted by molar-refractivity contribution is 6.52. The maximum absolute atomic E-state index is 13.6. The van der Waals surface area contributed by atoms with Gasteiger partial charge in [0.1, 0.15) is 17.3 Å². The van der Waals surface area contributed by atoms with Gasteiger partial charge in [0.25, 0.3) is 11.7 Å². The molecule has 1 unspecified atom stereocenters. The summed E-state index contributed by atoms with van der Waals surface area (Å²) in [6.07, 6.45) is -0.00589. The predicted octanol–water partition coefficient (Wildman–Crippen LogP) is 6.26. The number of aliphatic hydroxyl groups excluding tert-OH is 1. The average molecular weight is 529 g/mol. The Hall–Kier alpha value is -4.26. The van der Waals surface area contributed by atoms with Crippen molar-refractivity contribution < 1.29 is 24.2 Å². The van der Waals surface area contributed by atoms with Crippen LogP contribution in [0.5, 0.6) is 11.5 Å². The number of methoxy groups -OCH3 is 1. The van der Waals surface area contributed by atoms with E-state index >= 15 is 0 Å². The molecule has 0 radical (unpaired) electrons. The van der Waals surface area contributed by atoms with Crippen molar-refractivity contribution in [2.24, 2.45) is 0 Å². The molecule has 1 fully saturated rings. The smallest absolute Gasteiger partial charge is 0.300 e. The standard InChI is InChI=1S/C32H36N2O5/c1-7-33(8-2)24-16-13-22(14-17-24)29-28(30(35)23-15-18-26(21(5)19-23)39-20(3)4)31(36)32(37)34(29)25-11-9-10-12-27(25)38-6/h9-20,29,35H,7-8H2,1-6H3/b30-28-. The van der Waals surface area contributed by atoms with Crippen LogP contribution in [0.2, 0.25) is 0 Å². The van der Waals surface area contributed by atoms with Crippen LogP contribution in [-0.2, 0) is 9.59 Å². The van der Waals surface area contributed by atoms with Crippen LogP contribution < -0.4 is 19.3 Å². The fourth-order valence-electron chi connectivity index (χ4n) is 5.02. The highest BCUT2D eigenvalue weighted by atomic mass is 16.5. The molecule has 0 aromatic heterocycles. The zero-order valence-electron chi connectivity index (χ0n) is 23.4. The Morgan fingerprint density at radius 2 is 1.64 bits per heavy atom. The lowest BCUT2D eigenvalue weighted by molar-refractivity contribution is -0.132. The van der Waals surface area contributed by atoms with Crippen LogP contribution in [0.3, 0.4) is 0 Å². The minimum Gasteiger partial charge on any atom is -0.507 e. The van der Waals surface area contributed by atoms with Crippen LogP contribution in [0.4, 0.5) is 11.4 Å². The lowest BCUT2D eigenvalue weighted by atomic mass is 9.94. The number of benzene rings is 3. The van der Waals surface area contributed by atoms with Gasteiger partial charge in [0.05, 0.1) is 30.5 Å². The van der Waals surface area contributed by atoms with Crippen LogP contribution in [0.1, 0.15) is 50.4 Å². The van der Waals surface area contributed by atoms with E-state index in [-0.39, 0.29) is 17.4 Å². The molecular weight excluding hydrogens is 492 g/mol. The summed E-state index contributed by atoms with van der Waals surface area (Å²) in [4.78, 5) is 30.8. The first-order chi connectivity index (χ1) is 18.7. The molecular formula is C32H36N2O5. The van der Waals surface area contributed by atoms with Crippen molar-refractivity contribution in [3.8, 4) is 11.5 Å². The van der Waals surface area contributed by atoms with E-state index in [0.29, 0.717) is 28.3 Å². The summed E-state index contributed by atoms with van der Waals surface area (Å²) < 4.78 is 11.4. The van der Waals surface area contributed by atoms with Gasteiger partial charge >= 0.3 is 0 Å². The first-order valence-electron chi connectivity index (χ1n) is 13.3. The van der Waals surface area contributed by atoms with Gasteiger partial charge in [-0.25, -0.2) is 0 Å². The van der Waals surface area contributed by atoms with Crippen LogP contribution >= 0.6 is 0 Å². The van der Waals surface area contributed by atoms with Crippen molar-refractivity contribution in [2.75, 3.05) is 30.0 Å². The molecule has 3 aromatic carbocycles. The molecule has 1 amide bonds. The van der Waals surface area contributed by atoms with Crippen molar-refractivity contribution in [1.29, 1.82) is 0 Å². The Labute approximate surface area is 230 Å².